The zero-order valence-electron chi connectivity index (χ0n) is 12.9. The van der Waals surface area contributed by atoms with E-state index in [9.17, 15) is 9.59 Å². The van der Waals surface area contributed by atoms with Gasteiger partial charge in [-0.3, -0.25) is 9.59 Å². The molecule has 2 amide bonds. The molecule has 21 heavy (non-hydrogen) atoms. The molecule has 0 aliphatic carbocycles. The molecule has 0 spiro atoms. The Balaban J connectivity index is 4.77. The Labute approximate surface area is 125 Å². The number of nitrogens with one attached hydrogen (secondary N) is 2. The van der Waals surface area contributed by atoms with Crippen molar-refractivity contribution in [3.8, 4) is 0 Å². The molecule has 6 nitrogen and oxygen atoms in total. The average molecular weight is 296 g/mol. The van der Waals surface area contributed by atoms with Gasteiger partial charge >= 0.3 is 0 Å². The van der Waals surface area contributed by atoms with Crippen molar-refractivity contribution in [3.63, 3.8) is 0 Å². The van der Waals surface area contributed by atoms with Gasteiger partial charge in [0.05, 0.1) is 18.8 Å². The number of hydrogen-bond acceptors (Lipinski definition) is 4. The number of amides is 2. The standard InChI is InChI=1S/C15H24N2O4/c1-5-6-7-13(15(19)17-9-11-21-4)12(2)14(18)16-8-10-20-3/h5-7H,2,8-11H2,1,3-4H3,(H,16,18)(H,17,19)/b6-5-,13-7+. The van der Waals surface area contributed by atoms with Gasteiger partial charge in [-0.15, -0.1) is 0 Å². The fraction of sp³-hybridized carbons (Fsp3) is 0.467. The molecule has 0 saturated carbocycles. The van der Waals surface area contributed by atoms with Crippen molar-refractivity contribution >= 4 is 11.8 Å². The van der Waals surface area contributed by atoms with Gasteiger partial charge in [0.25, 0.3) is 11.8 Å². The lowest BCUT2D eigenvalue weighted by Gasteiger charge is -2.11. The molecule has 0 bridgehead atoms. The van der Waals surface area contributed by atoms with Crippen LogP contribution in [0.5, 0.6) is 0 Å². The van der Waals surface area contributed by atoms with E-state index in [0.29, 0.717) is 26.3 Å². The van der Waals surface area contributed by atoms with Gasteiger partial charge in [-0.2, -0.15) is 0 Å². The van der Waals surface area contributed by atoms with E-state index in [1.807, 2.05) is 6.92 Å². The van der Waals surface area contributed by atoms with Crippen molar-refractivity contribution in [2.24, 2.45) is 0 Å². The van der Waals surface area contributed by atoms with E-state index in [1.54, 1.807) is 32.4 Å². The number of carbonyl (C=O) groups is 2. The van der Waals surface area contributed by atoms with Crippen LogP contribution in [0.15, 0.2) is 36.0 Å². The fourth-order valence-electron chi connectivity index (χ4n) is 1.36. The van der Waals surface area contributed by atoms with E-state index >= 15 is 0 Å². The van der Waals surface area contributed by atoms with Gasteiger partial charge in [0.1, 0.15) is 0 Å². The highest BCUT2D eigenvalue weighted by Gasteiger charge is 2.17. The van der Waals surface area contributed by atoms with Crippen LogP contribution in [0.25, 0.3) is 0 Å². The maximum absolute atomic E-state index is 12.1. The average Bonchev–Trinajstić information content (AvgIpc) is 2.47. The molecule has 0 atom stereocenters. The van der Waals surface area contributed by atoms with Crippen LogP contribution in [0.3, 0.4) is 0 Å². The molecule has 0 aliphatic rings. The number of carbonyl (C=O) groups excluding carboxylic acids is 2. The largest absolute Gasteiger partial charge is 0.383 e. The van der Waals surface area contributed by atoms with Gasteiger partial charge in [-0.25, -0.2) is 0 Å². The number of allylic oxidation sites excluding steroid dienone is 3. The second kappa shape index (κ2) is 11.9. The first-order valence-corrected chi connectivity index (χ1v) is 6.65. The van der Waals surface area contributed by atoms with Gasteiger partial charge < -0.3 is 20.1 Å². The summed E-state index contributed by atoms with van der Waals surface area (Å²) < 4.78 is 9.71. The molecule has 6 heteroatoms. The first kappa shape index (κ1) is 19.1. The second-order valence-electron chi connectivity index (χ2n) is 4.08. The predicted octanol–water partition coefficient (Wildman–Crippen LogP) is 0.570. The summed E-state index contributed by atoms with van der Waals surface area (Å²) in [6.45, 7) is 7.02. The molecule has 118 valence electrons. The monoisotopic (exact) mass is 296 g/mol. The minimum atomic E-state index is -0.398. The summed E-state index contributed by atoms with van der Waals surface area (Å²) in [7, 11) is 3.09. The molecule has 0 saturated heterocycles. The summed E-state index contributed by atoms with van der Waals surface area (Å²) in [5, 5.41) is 5.29. The van der Waals surface area contributed by atoms with E-state index in [1.165, 1.54) is 0 Å². The van der Waals surface area contributed by atoms with Crippen molar-refractivity contribution in [1.82, 2.24) is 10.6 Å². The quantitative estimate of drug-likeness (QED) is 0.351. The SMILES string of the molecule is C=C(C(=O)NCCOC)/C(=C\C=C/C)C(=O)NCCOC. The van der Waals surface area contributed by atoms with Crippen molar-refractivity contribution in [1.29, 1.82) is 0 Å². The van der Waals surface area contributed by atoms with Crippen LogP contribution in [-0.2, 0) is 19.1 Å². The number of hydrogen-bond donors (Lipinski definition) is 2. The second-order valence-corrected chi connectivity index (χ2v) is 4.08. The van der Waals surface area contributed by atoms with Crippen LogP contribution < -0.4 is 10.6 Å². The Morgan fingerprint density at radius 1 is 1.05 bits per heavy atom. The van der Waals surface area contributed by atoms with Crippen LogP contribution in [0.2, 0.25) is 0 Å². The molecule has 0 fully saturated rings. The van der Waals surface area contributed by atoms with E-state index in [0.717, 1.165) is 0 Å². The van der Waals surface area contributed by atoms with E-state index in [4.69, 9.17) is 9.47 Å². The summed E-state index contributed by atoms with van der Waals surface area (Å²) in [4.78, 5) is 24.0. The molecule has 0 aromatic carbocycles. The highest BCUT2D eigenvalue weighted by atomic mass is 16.5. The molecular formula is C15H24N2O4. The third-order valence-electron chi connectivity index (χ3n) is 2.48. The number of rotatable bonds is 10. The van der Waals surface area contributed by atoms with Gasteiger partial charge in [0.15, 0.2) is 0 Å². The highest BCUT2D eigenvalue weighted by Crippen LogP contribution is 2.09. The molecule has 0 radical (unpaired) electrons. The third kappa shape index (κ3) is 8.06. The van der Waals surface area contributed by atoms with Crippen LogP contribution in [0, 0.1) is 0 Å². The maximum atomic E-state index is 12.1. The predicted molar refractivity (Wildman–Crippen MR) is 81.8 cm³/mol. The Morgan fingerprint density at radius 3 is 2.05 bits per heavy atom. The van der Waals surface area contributed by atoms with Crippen LogP contribution in [0.4, 0.5) is 0 Å². The van der Waals surface area contributed by atoms with E-state index in [-0.39, 0.29) is 17.1 Å². The molecule has 0 heterocycles. The minimum absolute atomic E-state index is 0.110. The normalized spacial score (nSPS) is 11.5. The third-order valence-corrected chi connectivity index (χ3v) is 2.48. The molecule has 0 rings (SSSR count). The molecule has 0 unspecified atom stereocenters. The summed E-state index contributed by atoms with van der Waals surface area (Å²) in [5.41, 5.74) is 0.332. The van der Waals surface area contributed by atoms with Crippen molar-refractivity contribution in [2.75, 3.05) is 40.5 Å². The maximum Gasteiger partial charge on any atom is 0.252 e. The van der Waals surface area contributed by atoms with Gasteiger partial charge in [-0.05, 0) is 13.0 Å². The van der Waals surface area contributed by atoms with Crippen LogP contribution in [0.1, 0.15) is 6.92 Å². The Kier molecular flexibility index (Phi) is 10.8. The lowest BCUT2D eigenvalue weighted by molar-refractivity contribution is -0.120. The Morgan fingerprint density at radius 2 is 1.57 bits per heavy atom. The number of methoxy groups -OCH3 is 2. The summed E-state index contributed by atoms with van der Waals surface area (Å²) in [5.74, 6) is -0.762. The molecule has 0 aromatic rings. The summed E-state index contributed by atoms with van der Waals surface area (Å²) in [6.07, 6.45) is 5.00. The Hall–Kier alpha value is -1.92. The zero-order chi connectivity index (χ0) is 16.1. The van der Waals surface area contributed by atoms with Gasteiger partial charge in [0, 0.05) is 32.9 Å². The topological polar surface area (TPSA) is 76.7 Å². The lowest BCUT2D eigenvalue weighted by Crippen LogP contribution is -2.34. The van der Waals surface area contributed by atoms with Gasteiger partial charge in [0.2, 0.25) is 0 Å². The van der Waals surface area contributed by atoms with Crippen LogP contribution in [-0.4, -0.2) is 52.3 Å². The summed E-state index contributed by atoms with van der Waals surface area (Å²) >= 11 is 0. The minimum Gasteiger partial charge on any atom is -0.383 e. The summed E-state index contributed by atoms with van der Waals surface area (Å²) in [6, 6.07) is 0. The molecule has 0 aliphatic heterocycles. The van der Waals surface area contributed by atoms with E-state index in [2.05, 4.69) is 17.2 Å². The van der Waals surface area contributed by atoms with Gasteiger partial charge in [-0.1, -0.05) is 18.7 Å². The highest BCUT2D eigenvalue weighted by molar-refractivity contribution is 6.10. The first-order chi connectivity index (χ1) is 10.1. The van der Waals surface area contributed by atoms with Crippen molar-refractivity contribution < 1.29 is 19.1 Å². The molecule has 0 aromatic heterocycles. The van der Waals surface area contributed by atoms with Crippen molar-refractivity contribution in [2.45, 2.75) is 6.92 Å². The fourth-order valence-corrected chi connectivity index (χ4v) is 1.36. The first-order valence-electron chi connectivity index (χ1n) is 6.65. The van der Waals surface area contributed by atoms with E-state index < -0.39 is 5.91 Å². The molecular weight excluding hydrogens is 272 g/mol. The Bertz CT molecular complexity index is 414. The smallest absolute Gasteiger partial charge is 0.252 e. The van der Waals surface area contributed by atoms with Crippen LogP contribution >= 0.6 is 0 Å². The molecule has 2 N–H and O–H groups in total. The number of ether oxygens (including phenoxy) is 2. The van der Waals surface area contributed by atoms with Crippen molar-refractivity contribution in [3.05, 3.63) is 36.0 Å². The lowest BCUT2D eigenvalue weighted by atomic mass is 10.1. The zero-order valence-corrected chi connectivity index (χ0v) is 12.9.